The molecule has 0 aliphatic rings. The maximum absolute atomic E-state index is 11.7. The van der Waals surface area contributed by atoms with E-state index >= 15 is 0 Å². The predicted molar refractivity (Wildman–Crippen MR) is 71.7 cm³/mol. The Kier molecular flexibility index (Phi) is 2.52. The van der Waals surface area contributed by atoms with E-state index in [1.165, 1.54) is 0 Å². The molecule has 3 nitrogen and oxygen atoms in total. The molecule has 1 aromatic carbocycles. The highest BCUT2D eigenvalue weighted by Crippen LogP contribution is 2.22. The summed E-state index contributed by atoms with van der Waals surface area (Å²) in [5.41, 5.74) is 2.16. The third-order valence-electron chi connectivity index (χ3n) is 3.04. The number of benzene rings is 1. The molecule has 0 atom stereocenters. The van der Waals surface area contributed by atoms with Crippen LogP contribution >= 0.6 is 0 Å². The first-order valence-corrected chi connectivity index (χ1v) is 5.97. The van der Waals surface area contributed by atoms with Crippen molar-refractivity contribution in [3.8, 4) is 0 Å². The number of carbonyl (C=O) groups excluding carboxylic acids is 1. The lowest BCUT2D eigenvalue weighted by molar-refractivity contribution is 0.0984. The first-order chi connectivity index (χ1) is 8.79. The van der Waals surface area contributed by atoms with Crippen LogP contribution in [0.3, 0.4) is 0 Å². The van der Waals surface area contributed by atoms with Crippen LogP contribution in [0.25, 0.3) is 21.8 Å². The average molecular weight is 236 g/mol. The average Bonchev–Trinajstić information content (AvgIpc) is 2.45. The van der Waals surface area contributed by atoms with Gasteiger partial charge in [0.2, 0.25) is 0 Å². The van der Waals surface area contributed by atoms with E-state index in [4.69, 9.17) is 0 Å². The van der Waals surface area contributed by atoms with Gasteiger partial charge in [0.05, 0.1) is 11.0 Å². The maximum Gasteiger partial charge on any atom is 0.180 e. The Morgan fingerprint density at radius 2 is 1.78 bits per heavy atom. The van der Waals surface area contributed by atoms with Gasteiger partial charge < -0.3 is 0 Å². The number of Topliss-reactive ketones (excluding diaryl/α,β-unsaturated/α-hetero) is 1. The van der Waals surface area contributed by atoms with Gasteiger partial charge in [0.25, 0.3) is 0 Å². The van der Waals surface area contributed by atoms with Crippen molar-refractivity contribution < 1.29 is 4.79 Å². The second-order valence-electron chi connectivity index (χ2n) is 4.19. The molecule has 0 N–H and O–H groups in total. The molecule has 0 aliphatic carbocycles. The minimum atomic E-state index is 0.0600. The zero-order valence-corrected chi connectivity index (χ0v) is 10.1. The zero-order valence-electron chi connectivity index (χ0n) is 10.1. The van der Waals surface area contributed by atoms with Crippen molar-refractivity contribution in [2.24, 2.45) is 0 Å². The molecule has 2 aromatic heterocycles. The van der Waals surface area contributed by atoms with E-state index in [2.05, 4.69) is 9.97 Å². The molecule has 0 spiro atoms. The van der Waals surface area contributed by atoms with Gasteiger partial charge in [-0.1, -0.05) is 31.2 Å². The third kappa shape index (κ3) is 1.64. The van der Waals surface area contributed by atoms with Crippen molar-refractivity contribution in [1.29, 1.82) is 0 Å². The van der Waals surface area contributed by atoms with E-state index < -0.39 is 0 Å². The number of hydrogen-bond donors (Lipinski definition) is 0. The quantitative estimate of drug-likeness (QED) is 0.506. The summed E-state index contributed by atoms with van der Waals surface area (Å²) in [6.45, 7) is 1.84. The zero-order chi connectivity index (χ0) is 12.5. The maximum atomic E-state index is 11.7. The summed E-state index contributed by atoms with van der Waals surface area (Å²) in [6, 6.07) is 11.6. The lowest BCUT2D eigenvalue weighted by Crippen LogP contribution is -2.00. The molecule has 0 fully saturated rings. The summed E-state index contributed by atoms with van der Waals surface area (Å²) in [5.74, 6) is 0.0600. The van der Waals surface area contributed by atoms with Crippen LogP contribution in [0.1, 0.15) is 23.8 Å². The Morgan fingerprint density at radius 3 is 2.56 bits per heavy atom. The van der Waals surface area contributed by atoms with Crippen LogP contribution in [0.15, 0.2) is 42.6 Å². The standard InChI is InChI=1S/C15H12N2O/c1-2-13(18)12-8-7-11-6-5-10-4-3-9-16-14(10)15(11)17-12/h3-9H,2H2,1H3. The normalized spacial score (nSPS) is 10.9. The molecule has 0 amide bonds. The van der Waals surface area contributed by atoms with Gasteiger partial charge >= 0.3 is 0 Å². The molecular formula is C15H12N2O. The fourth-order valence-electron chi connectivity index (χ4n) is 2.06. The van der Waals surface area contributed by atoms with Gasteiger partial charge in [0.15, 0.2) is 5.78 Å². The number of rotatable bonds is 2. The molecule has 2 heterocycles. The summed E-state index contributed by atoms with van der Waals surface area (Å²) in [5, 5.41) is 2.05. The summed E-state index contributed by atoms with van der Waals surface area (Å²) in [7, 11) is 0. The number of nitrogens with zero attached hydrogens (tertiary/aromatic N) is 2. The van der Waals surface area contributed by atoms with Crippen LogP contribution in [0, 0.1) is 0 Å². The molecule has 0 bridgehead atoms. The second kappa shape index (κ2) is 4.18. The van der Waals surface area contributed by atoms with Crippen LogP contribution in [-0.2, 0) is 0 Å². The summed E-state index contributed by atoms with van der Waals surface area (Å²) in [4.78, 5) is 20.5. The Labute approximate surface area is 104 Å². The summed E-state index contributed by atoms with van der Waals surface area (Å²) >= 11 is 0. The molecular weight excluding hydrogens is 224 g/mol. The lowest BCUT2D eigenvalue weighted by atomic mass is 10.1. The van der Waals surface area contributed by atoms with Crippen LogP contribution in [0.5, 0.6) is 0 Å². The first kappa shape index (κ1) is 10.8. The molecule has 0 saturated carbocycles. The molecule has 0 unspecified atom stereocenters. The minimum Gasteiger partial charge on any atom is -0.292 e. The van der Waals surface area contributed by atoms with Crippen molar-refractivity contribution in [3.63, 3.8) is 0 Å². The van der Waals surface area contributed by atoms with Gasteiger partial charge in [-0.3, -0.25) is 9.78 Å². The van der Waals surface area contributed by atoms with Crippen molar-refractivity contribution in [1.82, 2.24) is 9.97 Å². The van der Waals surface area contributed by atoms with Gasteiger partial charge in [-0.2, -0.15) is 0 Å². The Morgan fingerprint density at radius 1 is 1.06 bits per heavy atom. The largest absolute Gasteiger partial charge is 0.292 e. The SMILES string of the molecule is CCC(=O)c1ccc2ccc3cccnc3c2n1. The predicted octanol–water partition coefficient (Wildman–Crippen LogP) is 3.38. The number of aromatic nitrogens is 2. The number of pyridine rings is 2. The van der Waals surface area contributed by atoms with Gasteiger partial charge in [-0.15, -0.1) is 0 Å². The molecule has 3 rings (SSSR count). The van der Waals surface area contributed by atoms with E-state index in [1.54, 1.807) is 12.3 Å². The molecule has 0 radical (unpaired) electrons. The minimum absolute atomic E-state index is 0.0600. The topological polar surface area (TPSA) is 42.9 Å². The van der Waals surface area contributed by atoms with Crippen LogP contribution in [-0.4, -0.2) is 15.8 Å². The smallest absolute Gasteiger partial charge is 0.180 e. The highest BCUT2D eigenvalue weighted by atomic mass is 16.1. The lowest BCUT2D eigenvalue weighted by Gasteiger charge is -2.04. The van der Waals surface area contributed by atoms with Crippen LogP contribution < -0.4 is 0 Å². The molecule has 18 heavy (non-hydrogen) atoms. The Balaban J connectivity index is 2.36. The van der Waals surface area contributed by atoms with Gasteiger partial charge in [-0.25, -0.2) is 4.98 Å². The molecule has 0 aliphatic heterocycles. The van der Waals surface area contributed by atoms with Crippen molar-refractivity contribution in [2.45, 2.75) is 13.3 Å². The van der Waals surface area contributed by atoms with Crippen molar-refractivity contribution in [2.75, 3.05) is 0 Å². The van der Waals surface area contributed by atoms with E-state index in [0.717, 1.165) is 21.8 Å². The van der Waals surface area contributed by atoms with E-state index in [0.29, 0.717) is 12.1 Å². The number of carbonyl (C=O) groups is 1. The highest BCUT2D eigenvalue weighted by molar-refractivity contribution is 6.04. The number of fused-ring (bicyclic) bond motifs is 3. The van der Waals surface area contributed by atoms with Crippen molar-refractivity contribution >= 4 is 27.6 Å². The fraction of sp³-hybridized carbons (Fsp3) is 0.133. The molecule has 0 saturated heterocycles. The Bertz CT molecular complexity index is 750. The Hall–Kier alpha value is -2.29. The third-order valence-corrected chi connectivity index (χ3v) is 3.04. The van der Waals surface area contributed by atoms with Crippen LogP contribution in [0.2, 0.25) is 0 Å². The first-order valence-electron chi connectivity index (χ1n) is 5.97. The van der Waals surface area contributed by atoms with Gasteiger partial charge in [-0.05, 0) is 12.1 Å². The highest BCUT2D eigenvalue weighted by Gasteiger charge is 2.08. The number of hydrogen-bond acceptors (Lipinski definition) is 3. The summed E-state index contributed by atoms with van der Waals surface area (Å²) in [6.07, 6.45) is 2.22. The van der Waals surface area contributed by atoms with Gasteiger partial charge in [0.1, 0.15) is 5.69 Å². The van der Waals surface area contributed by atoms with E-state index in [1.807, 2.05) is 37.3 Å². The second-order valence-corrected chi connectivity index (χ2v) is 4.19. The van der Waals surface area contributed by atoms with E-state index in [9.17, 15) is 4.79 Å². The van der Waals surface area contributed by atoms with Gasteiger partial charge in [0, 0.05) is 23.4 Å². The fourth-order valence-corrected chi connectivity index (χ4v) is 2.06. The van der Waals surface area contributed by atoms with Crippen LogP contribution in [0.4, 0.5) is 0 Å². The molecule has 3 heteroatoms. The molecule has 88 valence electrons. The monoisotopic (exact) mass is 236 g/mol. The van der Waals surface area contributed by atoms with E-state index in [-0.39, 0.29) is 5.78 Å². The van der Waals surface area contributed by atoms with Crippen molar-refractivity contribution in [3.05, 3.63) is 48.3 Å². The summed E-state index contributed by atoms with van der Waals surface area (Å²) < 4.78 is 0. The molecule has 3 aromatic rings. The number of ketones is 1.